The Hall–Kier alpha value is -1.40. The Morgan fingerprint density at radius 3 is 2.90 bits per heavy atom. The molecule has 2 aromatic heterocycles. The van der Waals surface area contributed by atoms with Crippen LogP contribution >= 0.6 is 22.9 Å². The van der Waals surface area contributed by atoms with E-state index in [1.807, 2.05) is 26.8 Å². The molecule has 3 heterocycles. The Bertz CT molecular complexity index is 708. The molecule has 0 bridgehead atoms. The van der Waals surface area contributed by atoms with Crippen molar-refractivity contribution in [3.05, 3.63) is 21.7 Å². The van der Waals surface area contributed by atoms with Gasteiger partial charge in [-0.3, -0.25) is 0 Å². The summed E-state index contributed by atoms with van der Waals surface area (Å²) in [7, 11) is 0. The lowest BCUT2D eigenvalue weighted by Gasteiger charge is -2.30. The smallest absolute Gasteiger partial charge is 0.410 e. The number of carbonyl (C=O) groups is 1. The molecule has 0 saturated carbocycles. The molecule has 0 atom stereocenters. The number of hydrogen-bond acceptors (Lipinski definition) is 5. The molecule has 0 N–H and O–H groups in total. The van der Waals surface area contributed by atoms with Crippen molar-refractivity contribution >= 4 is 39.2 Å². The summed E-state index contributed by atoms with van der Waals surface area (Å²) in [5.41, 5.74) is 0.631. The lowest BCUT2D eigenvalue weighted by molar-refractivity contribution is 0.0226. The van der Waals surface area contributed by atoms with Gasteiger partial charge >= 0.3 is 6.09 Å². The lowest BCUT2D eigenvalue weighted by atomic mass is 10.1. The molecule has 0 aromatic carbocycles. The van der Waals surface area contributed by atoms with E-state index in [4.69, 9.17) is 16.3 Å². The number of carbonyl (C=O) groups excluding carboxylic acids is 1. The number of hydrogen-bond donors (Lipinski definition) is 0. The Morgan fingerprint density at radius 1 is 1.43 bits per heavy atom. The van der Waals surface area contributed by atoms with Crippen LogP contribution in [0.4, 0.5) is 4.79 Å². The average Bonchev–Trinajstić information content (AvgIpc) is 2.74. The van der Waals surface area contributed by atoms with Crippen molar-refractivity contribution in [3.63, 3.8) is 0 Å². The highest BCUT2D eigenvalue weighted by Gasteiger charge is 2.28. The van der Waals surface area contributed by atoms with Crippen molar-refractivity contribution in [2.24, 2.45) is 0 Å². The number of ether oxygens (including phenoxy) is 1. The summed E-state index contributed by atoms with van der Waals surface area (Å²) in [6.07, 6.45) is 0.536. The van der Waals surface area contributed by atoms with Crippen LogP contribution in [0.1, 0.15) is 31.2 Å². The summed E-state index contributed by atoms with van der Waals surface area (Å²) in [5.74, 6) is 0. The van der Waals surface area contributed by atoms with Crippen molar-refractivity contribution < 1.29 is 9.53 Å². The molecule has 21 heavy (non-hydrogen) atoms. The van der Waals surface area contributed by atoms with Gasteiger partial charge in [0.05, 0.1) is 6.54 Å². The topological polar surface area (TPSA) is 55.3 Å². The van der Waals surface area contributed by atoms with Crippen LogP contribution in [-0.2, 0) is 17.7 Å². The van der Waals surface area contributed by atoms with E-state index >= 15 is 0 Å². The van der Waals surface area contributed by atoms with Crippen LogP contribution < -0.4 is 0 Å². The maximum Gasteiger partial charge on any atom is 0.410 e. The summed E-state index contributed by atoms with van der Waals surface area (Å²) in [5, 5.41) is 9.35. The van der Waals surface area contributed by atoms with Gasteiger partial charge in [-0.2, -0.15) is 0 Å². The third-order valence-electron chi connectivity index (χ3n) is 3.22. The van der Waals surface area contributed by atoms with Crippen LogP contribution in [0.15, 0.2) is 6.07 Å². The standard InChI is InChI=1S/C14H16ClN3O2S/c1-14(2,3)20-13(19)18-5-4-10-9(7-18)8-6-11(15)16-17-12(8)21-10/h6H,4-5,7H2,1-3H3. The molecular weight excluding hydrogens is 310 g/mol. The fourth-order valence-corrected chi connectivity index (χ4v) is 3.59. The quantitative estimate of drug-likeness (QED) is 0.742. The van der Waals surface area contributed by atoms with Crippen LogP contribution in [0.5, 0.6) is 0 Å². The van der Waals surface area contributed by atoms with Gasteiger partial charge in [-0.05, 0) is 38.8 Å². The zero-order valence-corrected chi connectivity index (χ0v) is 13.7. The van der Waals surface area contributed by atoms with Gasteiger partial charge in [-0.15, -0.1) is 21.5 Å². The summed E-state index contributed by atoms with van der Waals surface area (Å²) in [6, 6.07) is 1.82. The Balaban J connectivity index is 1.89. The molecule has 3 rings (SSSR count). The third-order valence-corrected chi connectivity index (χ3v) is 4.60. The molecule has 2 aromatic rings. The van der Waals surface area contributed by atoms with E-state index in [1.54, 1.807) is 16.2 Å². The Labute approximate surface area is 131 Å². The number of aromatic nitrogens is 2. The second-order valence-electron chi connectivity index (χ2n) is 6.04. The first-order valence-corrected chi connectivity index (χ1v) is 7.94. The van der Waals surface area contributed by atoms with Gasteiger partial charge in [0, 0.05) is 16.8 Å². The Kier molecular flexibility index (Phi) is 3.53. The average molecular weight is 326 g/mol. The number of thiophene rings is 1. The first kappa shape index (κ1) is 14.5. The molecule has 0 aliphatic carbocycles. The van der Waals surface area contributed by atoms with Gasteiger partial charge < -0.3 is 9.64 Å². The third kappa shape index (κ3) is 2.96. The largest absolute Gasteiger partial charge is 0.444 e. The van der Waals surface area contributed by atoms with E-state index in [-0.39, 0.29) is 6.09 Å². The molecule has 1 aliphatic heterocycles. The zero-order valence-electron chi connectivity index (χ0n) is 12.1. The monoisotopic (exact) mass is 325 g/mol. The van der Waals surface area contributed by atoms with Crippen LogP contribution in [0.25, 0.3) is 10.2 Å². The number of amides is 1. The first-order chi connectivity index (χ1) is 9.83. The number of rotatable bonds is 0. The molecular formula is C14H16ClN3O2S. The van der Waals surface area contributed by atoms with Gasteiger partial charge in [0.1, 0.15) is 10.4 Å². The van der Waals surface area contributed by atoms with Crippen LogP contribution in [0.2, 0.25) is 5.15 Å². The number of fused-ring (bicyclic) bond motifs is 3. The lowest BCUT2D eigenvalue weighted by Crippen LogP contribution is -2.39. The fourth-order valence-electron chi connectivity index (χ4n) is 2.34. The molecule has 0 saturated heterocycles. The second kappa shape index (κ2) is 5.10. The summed E-state index contributed by atoms with van der Waals surface area (Å²) < 4.78 is 5.44. The van der Waals surface area contributed by atoms with E-state index in [1.165, 1.54) is 4.88 Å². The van der Waals surface area contributed by atoms with E-state index in [2.05, 4.69) is 10.2 Å². The van der Waals surface area contributed by atoms with Crippen molar-refractivity contribution in [1.82, 2.24) is 15.1 Å². The zero-order chi connectivity index (χ0) is 15.2. The molecule has 0 fully saturated rings. The SMILES string of the molecule is CC(C)(C)OC(=O)N1CCc2sc3nnc(Cl)cc3c2C1. The summed E-state index contributed by atoms with van der Waals surface area (Å²) in [6.45, 7) is 6.81. The summed E-state index contributed by atoms with van der Waals surface area (Å²) >= 11 is 7.55. The van der Waals surface area contributed by atoms with Gasteiger partial charge in [0.2, 0.25) is 0 Å². The maximum atomic E-state index is 12.2. The predicted octanol–water partition coefficient (Wildman–Crippen LogP) is 3.64. The molecule has 0 spiro atoms. The summed E-state index contributed by atoms with van der Waals surface area (Å²) in [4.78, 5) is 16.1. The van der Waals surface area contributed by atoms with E-state index in [0.29, 0.717) is 18.2 Å². The van der Waals surface area contributed by atoms with Crippen molar-refractivity contribution in [3.8, 4) is 0 Å². The molecule has 0 unspecified atom stereocenters. The molecule has 5 nitrogen and oxygen atoms in total. The predicted molar refractivity (Wildman–Crippen MR) is 82.8 cm³/mol. The fraction of sp³-hybridized carbons (Fsp3) is 0.500. The highest BCUT2D eigenvalue weighted by Crippen LogP contribution is 2.35. The molecule has 7 heteroatoms. The van der Waals surface area contributed by atoms with Crippen LogP contribution in [0, 0.1) is 0 Å². The Morgan fingerprint density at radius 2 is 2.19 bits per heavy atom. The number of nitrogens with zero attached hydrogens (tertiary/aromatic N) is 3. The van der Waals surface area contributed by atoms with Crippen LogP contribution in [-0.4, -0.2) is 33.3 Å². The maximum absolute atomic E-state index is 12.2. The molecule has 1 aliphatic rings. The van der Waals surface area contributed by atoms with Gasteiger partial charge in [0.25, 0.3) is 0 Å². The van der Waals surface area contributed by atoms with Gasteiger partial charge in [-0.25, -0.2) is 4.79 Å². The minimum absolute atomic E-state index is 0.277. The van der Waals surface area contributed by atoms with E-state index in [0.717, 1.165) is 22.2 Å². The van der Waals surface area contributed by atoms with Crippen molar-refractivity contribution in [1.29, 1.82) is 0 Å². The highest BCUT2D eigenvalue weighted by atomic mass is 35.5. The minimum atomic E-state index is -0.483. The molecule has 0 radical (unpaired) electrons. The van der Waals surface area contributed by atoms with E-state index in [9.17, 15) is 4.79 Å². The van der Waals surface area contributed by atoms with Crippen molar-refractivity contribution in [2.45, 2.75) is 39.3 Å². The number of halogens is 1. The highest BCUT2D eigenvalue weighted by molar-refractivity contribution is 7.18. The molecule has 112 valence electrons. The first-order valence-electron chi connectivity index (χ1n) is 6.75. The minimum Gasteiger partial charge on any atom is -0.444 e. The van der Waals surface area contributed by atoms with Crippen molar-refractivity contribution in [2.75, 3.05) is 6.54 Å². The van der Waals surface area contributed by atoms with Gasteiger partial charge in [-0.1, -0.05) is 11.6 Å². The normalized spacial score (nSPS) is 15.1. The molecule has 1 amide bonds. The second-order valence-corrected chi connectivity index (χ2v) is 7.51. The van der Waals surface area contributed by atoms with Crippen LogP contribution in [0.3, 0.4) is 0 Å². The van der Waals surface area contributed by atoms with Gasteiger partial charge in [0.15, 0.2) is 5.15 Å². The van der Waals surface area contributed by atoms with E-state index < -0.39 is 5.60 Å².